The molecule has 0 spiro atoms. The van der Waals surface area contributed by atoms with Crippen LogP contribution in [0.25, 0.3) is 0 Å². The van der Waals surface area contributed by atoms with Crippen LogP contribution in [0.3, 0.4) is 0 Å². The fourth-order valence-electron chi connectivity index (χ4n) is 7.51. The van der Waals surface area contributed by atoms with E-state index in [0.29, 0.717) is 19.3 Å². The van der Waals surface area contributed by atoms with Gasteiger partial charge in [0.1, 0.15) is 6.10 Å². The summed E-state index contributed by atoms with van der Waals surface area (Å²) in [6, 6.07) is -0.720. The predicted molar refractivity (Wildman–Crippen MR) is 250 cm³/mol. The molecule has 3 atom stereocenters. The van der Waals surface area contributed by atoms with Crippen LogP contribution in [0, 0.1) is 0 Å². The van der Waals surface area contributed by atoms with E-state index < -0.39 is 18.2 Å². The zero-order valence-electron chi connectivity index (χ0n) is 38.4. The van der Waals surface area contributed by atoms with Crippen LogP contribution < -0.4 is 5.32 Å². The lowest BCUT2D eigenvalue weighted by Gasteiger charge is -2.24. The van der Waals surface area contributed by atoms with Crippen LogP contribution in [0.15, 0.2) is 48.6 Å². The summed E-state index contributed by atoms with van der Waals surface area (Å²) in [5.74, 6) is -0.536. The van der Waals surface area contributed by atoms with Crippen molar-refractivity contribution >= 4 is 11.9 Å². The minimum absolute atomic E-state index is 0.0339. The first-order valence-electron chi connectivity index (χ1n) is 24.9. The number of carbonyl (C=O) groups excluding carboxylic acids is 2. The number of unbranched alkanes of at least 4 members (excludes halogenated alkanes) is 27. The Hall–Kier alpha value is -2.18. The van der Waals surface area contributed by atoms with Gasteiger partial charge in [-0.05, 0) is 38.5 Å². The van der Waals surface area contributed by atoms with Gasteiger partial charge in [0.05, 0.1) is 25.2 Å². The highest BCUT2D eigenvalue weighted by molar-refractivity contribution is 5.77. The third-order valence-corrected chi connectivity index (χ3v) is 11.3. The molecule has 3 N–H and O–H groups in total. The Morgan fingerprint density at radius 2 is 0.931 bits per heavy atom. The van der Waals surface area contributed by atoms with Gasteiger partial charge in [-0.1, -0.05) is 243 Å². The van der Waals surface area contributed by atoms with E-state index in [2.05, 4.69) is 38.2 Å². The molecule has 1 amide bonds. The van der Waals surface area contributed by atoms with Gasteiger partial charge in [-0.15, -0.1) is 0 Å². The molecular weight excluding hydrogens is 719 g/mol. The lowest BCUT2D eigenvalue weighted by Crippen LogP contribution is -2.46. The van der Waals surface area contributed by atoms with E-state index in [1.807, 2.05) is 36.5 Å². The average molecular weight is 814 g/mol. The summed E-state index contributed by atoms with van der Waals surface area (Å²) in [4.78, 5) is 26.0. The van der Waals surface area contributed by atoms with Crippen molar-refractivity contribution in [3.05, 3.63) is 48.6 Å². The van der Waals surface area contributed by atoms with E-state index in [-0.39, 0.29) is 24.9 Å². The Balaban J connectivity index is 4.57. The van der Waals surface area contributed by atoms with Gasteiger partial charge in [-0.25, -0.2) is 0 Å². The molecule has 6 heteroatoms. The van der Waals surface area contributed by atoms with Crippen molar-refractivity contribution in [3.8, 4) is 0 Å². The molecule has 0 aliphatic carbocycles. The fourth-order valence-corrected chi connectivity index (χ4v) is 7.51. The maximum atomic E-state index is 13.1. The van der Waals surface area contributed by atoms with Gasteiger partial charge in [0.2, 0.25) is 5.91 Å². The molecule has 338 valence electrons. The van der Waals surface area contributed by atoms with Gasteiger partial charge in [-0.3, -0.25) is 9.59 Å². The minimum Gasteiger partial charge on any atom is -0.462 e. The van der Waals surface area contributed by atoms with E-state index in [0.717, 1.165) is 57.8 Å². The lowest BCUT2D eigenvalue weighted by molar-refractivity contribution is -0.151. The Bertz CT molecular complexity index is 1000. The minimum atomic E-state index is -0.803. The van der Waals surface area contributed by atoms with Gasteiger partial charge in [0, 0.05) is 6.42 Å². The Morgan fingerprint density at radius 3 is 1.38 bits per heavy atom. The summed E-state index contributed by atoms with van der Waals surface area (Å²) in [5, 5.41) is 23.7. The van der Waals surface area contributed by atoms with Gasteiger partial charge in [0.25, 0.3) is 0 Å². The Morgan fingerprint density at radius 1 is 0.517 bits per heavy atom. The molecule has 0 bridgehead atoms. The van der Waals surface area contributed by atoms with Crippen LogP contribution in [0.4, 0.5) is 0 Å². The molecule has 0 aromatic rings. The van der Waals surface area contributed by atoms with Crippen molar-refractivity contribution in [3.63, 3.8) is 0 Å². The SMILES string of the molecule is CC/C=C/C=C/C=C\C=C/CCCC(CC(=O)NC(CO)C(O)CCCCCCCCCCCCCCCCC)OC(=O)CCCCCCCCCCCCCCC. The van der Waals surface area contributed by atoms with Crippen molar-refractivity contribution in [2.75, 3.05) is 6.61 Å². The number of nitrogens with one attached hydrogen (secondary N) is 1. The largest absolute Gasteiger partial charge is 0.462 e. The molecule has 0 heterocycles. The van der Waals surface area contributed by atoms with Gasteiger partial charge >= 0.3 is 5.97 Å². The number of ether oxygens (including phenoxy) is 1. The number of esters is 1. The van der Waals surface area contributed by atoms with Crippen LogP contribution in [0.2, 0.25) is 0 Å². The van der Waals surface area contributed by atoms with E-state index >= 15 is 0 Å². The highest BCUT2D eigenvalue weighted by Crippen LogP contribution is 2.17. The van der Waals surface area contributed by atoms with Crippen molar-refractivity contribution in [2.45, 2.75) is 264 Å². The number of aliphatic hydroxyl groups excluding tert-OH is 2. The molecule has 0 aliphatic heterocycles. The molecule has 0 saturated heterocycles. The number of rotatable bonds is 44. The third-order valence-electron chi connectivity index (χ3n) is 11.3. The van der Waals surface area contributed by atoms with Crippen molar-refractivity contribution in [1.29, 1.82) is 0 Å². The van der Waals surface area contributed by atoms with E-state index in [1.54, 1.807) is 0 Å². The summed E-state index contributed by atoms with van der Waals surface area (Å²) >= 11 is 0. The fraction of sp³-hybridized carbons (Fsp3) is 0.808. The second-order valence-corrected chi connectivity index (χ2v) is 16.9. The quantitative estimate of drug-likeness (QED) is 0.0323. The first-order chi connectivity index (χ1) is 28.5. The van der Waals surface area contributed by atoms with E-state index in [4.69, 9.17) is 4.74 Å². The molecule has 6 nitrogen and oxygen atoms in total. The molecule has 0 aliphatic rings. The number of carbonyl (C=O) groups is 2. The number of hydrogen-bond acceptors (Lipinski definition) is 5. The molecule has 0 aromatic carbocycles. The van der Waals surface area contributed by atoms with Crippen LogP contribution in [0.1, 0.15) is 245 Å². The highest BCUT2D eigenvalue weighted by Gasteiger charge is 2.24. The Labute approximate surface area is 359 Å². The first kappa shape index (κ1) is 55.8. The normalized spacial score (nSPS) is 13.7. The smallest absolute Gasteiger partial charge is 0.306 e. The highest BCUT2D eigenvalue weighted by atomic mass is 16.5. The third kappa shape index (κ3) is 40.6. The van der Waals surface area contributed by atoms with Gasteiger partial charge in [-0.2, -0.15) is 0 Å². The molecule has 0 saturated carbocycles. The summed E-state index contributed by atoms with van der Waals surface area (Å²) in [5.41, 5.74) is 0. The maximum absolute atomic E-state index is 13.1. The molecule has 0 rings (SSSR count). The van der Waals surface area contributed by atoms with E-state index in [1.165, 1.54) is 141 Å². The summed E-state index contributed by atoms with van der Waals surface area (Å²) < 4.78 is 5.88. The van der Waals surface area contributed by atoms with Crippen molar-refractivity contribution in [1.82, 2.24) is 5.32 Å². The molecule has 0 aromatic heterocycles. The number of hydrogen-bond donors (Lipinski definition) is 3. The summed E-state index contributed by atoms with van der Waals surface area (Å²) in [6.07, 6.45) is 54.7. The molecule has 0 radical (unpaired) electrons. The number of aliphatic hydroxyl groups is 2. The molecule has 58 heavy (non-hydrogen) atoms. The zero-order valence-corrected chi connectivity index (χ0v) is 38.4. The number of amides is 1. The Kier molecular flexibility index (Phi) is 44.2. The van der Waals surface area contributed by atoms with Crippen LogP contribution in [0.5, 0.6) is 0 Å². The lowest BCUT2D eigenvalue weighted by atomic mass is 10.0. The molecular formula is C52H95NO5. The monoisotopic (exact) mass is 814 g/mol. The summed E-state index contributed by atoms with van der Waals surface area (Å²) in [6.45, 7) is 6.32. The second kappa shape index (κ2) is 45.9. The van der Waals surface area contributed by atoms with Crippen LogP contribution in [-0.4, -0.2) is 46.9 Å². The van der Waals surface area contributed by atoms with Crippen molar-refractivity contribution in [2.24, 2.45) is 0 Å². The first-order valence-corrected chi connectivity index (χ1v) is 24.9. The van der Waals surface area contributed by atoms with Crippen molar-refractivity contribution < 1.29 is 24.5 Å². The van der Waals surface area contributed by atoms with Gasteiger partial charge in [0.15, 0.2) is 0 Å². The zero-order chi connectivity index (χ0) is 42.4. The standard InChI is InChI=1S/C52H95NO5/c1-4-7-10-13-16-19-22-24-25-27-29-32-35-38-41-44-50(55)49(47-54)53-51(56)46-48(43-40-37-34-31-28-21-18-15-12-9-6-3)58-52(57)45-42-39-36-33-30-26-23-20-17-14-11-8-5-2/h9,12,15,18,21,28,31,34,48-50,54-55H,4-8,10-11,13-14,16-17,19-20,22-27,29-30,32-33,35-47H2,1-3H3,(H,53,56)/b12-9+,18-15+,28-21-,34-31-. The van der Waals surface area contributed by atoms with E-state index in [9.17, 15) is 19.8 Å². The maximum Gasteiger partial charge on any atom is 0.306 e. The molecule has 0 fully saturated rings. The molecule has 3 unspecified atom stereocenters. The van der Waals surface area contributed by atoms with Crippen LogP contribution in [-0.2, 0) is 14.3 Å². The predicted octanol–water partition coefficient (Wildman–Crippen LogP) is 14.7. The second-order valence-electron chi connectivity index (χ2n) is 16.9. The van der Waals surface area contributed by atoms with Crippen LogP contribution >= 0.6 is 0 Å². The van der Waals surface area contributed by atoms with Gasteiger partial charge < -0.3 is 20.3 Å². The average Bonchev–Trinajstić information content (AvgIpc) is 3.22. The summed E-state index contributed by atoms with van der Waals surface area (Å²) in [7, 11) is 0. The topological polar surface area (TPSA) is 95.9 Å². The number of allylic oxidation sites excluding steroid dienone is 8.